The third-order valence-electron chi connectivity index (χ3n) is 10.1. The highest BCUT2D eigenvalue weighted by atomic mass is 16.6. The first-order valence-corrected chi connectivity index (χ1v) is 22.6. The van der Waals surface area contributed by atoms with E-state index in [2.05, 4.69) is 58.8 Å². The molecule has 1 unspecified atom stereocenters. The summed E-state index contributed by atoms with van der Waals surface area (Å²) in [6, 6.07) is 8.31. The van der Waals surface area contributed by atoms with Crippen LogP contribution in [0.2, 0.25) is 0 Å². The maximum absolute atomic E-state index is 13.3. The smallest absolute Gasteiger partial charge is 0.313 e. The first-order chi connectivity index (χ1) is 27.1. The van der Waals surface area contributed by atoms with Crippen molar-refractivity contribution in [2.24, 2.45) is 5.92 Å². The quantitative estimate of drug-likeness (QED) is 0.0486. The van der Waals surface area contributed by atoms with E-state index < -0.39 is 6.10 Å². The number of nitrogens with zero attached hydrogens (tertiary/aromatic N) is 2. The van der Waals surface area contributed by atoms with Crippen LogP contribution in [0.4, 0.5) is 0 Å². The molecule has 9 heteroatoms. The largest absolute Gasteiger partial charge is 0.465 e. The Labute approximate surface area is 343 Å². The second kappa shape index (κ2) is 34.5. The Balaban J connectivity index is 2.43. The number of hydrogen-bond acceptors (Lipinski definition) is 8. The first-order valence-electron chi connectivity index (χ1n) is 22.6. The summed E-state index contributed by atoms with van der Waals surface area (Å²) in [6.07, 6.45) is 18.9. The Hall–Kier alpha value is -2.49. The molecular weight excluding hydrogens is 705 g/mol. The molecule has 0 spiro atoms. The molecule has 1 aromatic carbocycles. The van der Waals surface area contributed by atoms with Gasteiger partial charge < -0.3 is 28.7 Å². The summed E-state index contributed by atoms with van der Waals surface area (Å²) in [5, 5.41) is 0. The molecule has 0 heterocycles. The first kappa shape index (κ1) is 51.5. The van der Waals surface area contributed by atoms with Gasteiger partial charge in [0.1, 0.15) is 6.10 Å². The molecule has 1 amide bonds. The molecule has 0 bridgehead atoms. The van der Waals surface area contributed by atoms with E-state index in [1.807, 2.05) is 24.0 Å². The van der Waals surface area contributed by atoms with Crippen LogP contribution in [-0.2, 0) is 39.8 Å². The highest BCUT2D eigenvalue weighted by Gasteiger charge is 2.18. The van der Waals surface area contributed by atoms with Crippen LogP contribution in [0.25, 0.3) is 0 Å². The van der Waals surface area contributed by atoms with Crippen LogP contribution in [0.3, 0.4) is 0 Å². The minimum atomic E-state index is -0.407. The fraction of sp³-hybridized carbons (Fsp3) is 0.809. The molecule has 0 saturated carbocycles. The van der Waals surface area contributed by atoms with E-state index in [1.165, 1.54) is 44.1 Å². The molecule has 0 aliphatic rings. The van der Waals surface area contributed by atoms with Gasteiger partial charge >= 0.3 is 11.9 Å². The predicted octanol–water partition coefficient (Wildman–Crippen LogP) is 10.3. The zero-order valence-corrected chi connectivity index (χ0v) is 37.1. The maximum atomic E-state index is 13.3. The van der Waals surface area contributed by atoms with E-state index in [0.717, 1.165) is 89.4 Å². The molecule has 0 saturated heterocycles. The van der Waals surface area contributed by atoms with Gasteiger partial charge in [-0.05, 0) is 102 Å². The van der Waals surface area contributed by atoms with Crippen molar-refractivity contribution in [1.29, 1.82) is 0 Å². The third kappa shape index (κ3) is 28.0. The normalized spacial score (nSPS) is 12.1. The molecule has 1 aromatic rings. The van der Waals surface area contributed by atoms with Crippen molar-refractivity contribution >= 4 is 17.8 Å². The van der Waals surface area contributed by atoms with Gasteiger partial charge in [0, 0.05) is 39.1 Å². The van der Waals surface area contributed by atoms with Crippen molar-refractivity contribution in [3.63, 3.8) is 0 Å². The van der Waals surface area contributed by atoms with E-state index in [0.29, 0.717) is 58.2 Å². The Morgan fingerprint density at radius 3 is 1.71 bits per heavy atom. The average Bonchev–Trinajstić information content (AvgIpc) is 3.17. The van der Waals surface area contributed by atoms with Crippen LogP contribution >= 0.6 is 0 Å². The average molecular weight is 789 g/mol. The second-order valence-corrected chi connectivity index (χ2v) is 16.5. The van der Waals surface area contributed by atoms with E-state index in [-0.39, 0.29) is 30.2 Å². The molecule has 0 N–H and O–H groups in total. The van der Waals surface area contributed by atoms with Crippen molar-refractivity contribution in [2.45, 2.75) is 175 Å². The van der Waals surface area contributed by atoms with E-state index in [4.69, 9.17) is 18.9 Å². The third-order valence-corrected chi connectivity index (χ3v) is 10.1. The summed E-state index contributed by atoms with van der Waals surface area (Å²) in [7, 11) is 4.10. The number of ether oxygens (including phenoxy) is 4. The minimum Gasteiger partial charge on any atom is -0.465 e. The van der Waals surface area contributed by atoms with Crippen molar-refractivity contribution in [2.75, 3.05) is 66.8 Å². The standard InChI is InChI=1S/C47H84N2O7/c1-8-10-12-15-21-34-53-38-44(39-54-35-22-16-13-11-9-2)56-46(51)26-19-18-25-45(50)49(33-24-31-48(6)7)32-20-14-17-23-36-55-47(52)41(5)43-29-27-42(28-30-43)37-40(3)4/h27-30,40-41,44H,8-26,31-39H2,1-7H3. The lowest BCUT2D eigenvalue weighted by Crippen LogP contribution is -2.34. The van der Waals surface area contributed by atoms with E-state index in [1.54, 1.807) is 0 Å². The number of benzene rings is 1. The van der Waals surface area contributed by atoms with Gasteiger partial charge in [-0.2, -0.15) is 0 Å². The predicted molar refractivity (Wildman–Crippen MR) is 230 cm³/mol. The Kier molecular flexibility index (Phi) is 31.8. The SMILES string of the molecule is CCCCCCCOCC(COCCCCCCC)OC(=O)CCCCC(=O)N(CCCCCCOC(=O)C(C)c1ccc(CC(C)C)cc1)CCCN(C)C. The fourth-order valence-corrected chi connectivity index (χ4v) is 6.65. The van der Waals surface area contributed by atoms with Crippen LogP contribution in [0, 0.1) is 5.92 Å². The fourth-order valence-electron chi connectivity index (χ4n) is 6.65. The molecule has 0 fully saturated rings. The minimum absolute atomic E-state index is 0.148. The second-order valence-electron chi connectivity index (χ2n) is 16.5. The monoisotopic (exact) mass is 789 g/mol. The molecule has 0 aromatic heterocycles. The van der Waals surface area contributed by atoms with Gasteiger partial charge in [-0.3, -0.25) is 14.4 Å². The number of amides is 1. The van der Waals surface area contributed by atoms with Crippen molar-refractivity contribution in [1.82, 2.24) is 9.80 Å². The molecule has 1 atom stereocenters. The summed E-state index contributed by atoms with van der Waals surface area (Å²) < 4.78 is 23.2. The number of carbonyl (C=O) groups excluding carboxylic acids is 3. The Morgan fingerprint density at radius 1 is 0.607 bits per heavy atom. The van der Waals surface area contributed by atoms with Gasteiger partial charge in [-0.25, -0.2) is 0 Å². The summed E-state index contributed by atoms with van der Waals surface area (Å²) in [5.41, 5.74) is 2.28. The summed E-state index contributed by atoms with van der Waals surface area (Å²) in [6.45, 7) is 15.6. The summed E-state index contributed by atoms with van der Waals surface area (Å²) in [4.78, 5) is 42.9. The van der Waals surface area contributed by atoms with Crippen LogP contribution < -0.4 is 0 Å². The number of rotatable bonds is 37. The lowest BCUT2D eigenvalue weighted by Gasteiger charge is -2.24. The van der Waals surface area contributed by atoms with Gasteiger partial charge in [0.2, 0.25) is 5.91 Å². The summed E-state index contributed by atoms with van der Waals surface area (Å²) in [5.74, 6) is 0.0385. The lowest BCUT2D eigenvalue weighted by molar-refractivity contribution is -0.156. The number of esters is 2. The van der Waals surface area contributed by atoms with Gasteiger partial charge in [-0.15, -0.1) is 0 Å². The van der Waals surface area contributed by atoms with E-state index >= 15 is 0 Å². The van der Waals surface area contributed by atoms with Crippen molar-refractivity contribution < 1.29 is 33.3 Å². The molecule has 0 radical (unpaired) electrons. The molecule has 1 rings (SSSR count). The van der Waals surface area contributed by atoms with Gasteiger partial charge in [0.25, 0.3) is 0 Å². The van der Waals surface area contributed by atoms with Gasteiger partial charge in [0.05, 0.1) is 25.7 Å². The molecular formula is C47H84N2O7. The van der Waals surface area contributed by atoms with Gasteiger partial charge in [0.15, 0.2) is 0 Å². The molecule has 0 aliphatic heterocycles. The number of unbranched alkanes of at least 4 members (excludes halogenated alkanes) is 12. The molecule has 9 nitrogen and oxygen atoms in total. The Bertz CT molecular complexity index is 1090. The zero-order chi connectivity index (χ0) is 41.2. The van der Waals surface area contributed by atoms with Crippen LogP contribution in [0.15, 0.2) is 24.3 Å². The highest BCUT2D eigenvalue weighted by molar-refractivity contribution is 5.77. The van der Waals surface area contributed by atoms with Crippen LogP contribution in [0.1, 0.15) is 174 Å². The number of hydrogen-bond donors (Lipinski definition) is 0. The Morgan fingerprint density at radius 2 is 1.14 bits per heavy atom. The number of carbonyl (C=O) groups is 3. The zero-order valence-electron chi connectivity index (χ0n) is 37.1. The highest BCUT2D eigenvalue weighted by Crippen LogP contribution is 2.19. The summed E-state index contributed by atoms with van der Waals surface area (Å²) >= 11 is 0. The lowest BCUT2D eigenvalue weighted by atomic mass is 9.97. The molecule has 56 heavy (non-hydrogen) atoms. The van der Waals surface area contributed by atoms with Crippen LogP contribution in [-0.4, -0.2) is 101 Å². The van der Waals surface area contributed by atoms with Gasteiger partial charge in [-0.1, -0.05) is 110 Å². The van der Waals surface area contributed by atoms with Crippen molar-refractivity contribution in [3.8, 4) is 0 Å². The molecule has 0 aliphatic carbocycles. The van der Waals surface area contributed by atoms with Crippen molar-refractivity contribution in [3.05, 3.63) is 35.4 Å². The molecule has 324 valence electrons. The maximum Gasteiger partial charge on any atom is 0.313 e. The van der Waals surface area contributed by atoms with E-state index in [9.17, 15) is 14.4 Å². The topological polar surface area (TPSA) is 94.6 Å². The van der Waals surface area contributed by atoms with Crippen LogP contribution in [0.5, 0.6) is 0 Å².